The number of benzene rings is 3. The Balaban J connectivity index is 1.53. The SMILES string of the molecule is Cc1cc(C)cc(C(=O)NC(=S)Nc2ccc(O)c(-c3nc4cc(Cl)ccc4o3)c2)c1. The van der Waals surface area contributed by atoms with Gasteiger partial charge in [-0.05, 0) is 74.6 Å². The highest BCUT2D eigenvalue weighted by Gasteiger charge is 2.15. The zero-order chi connectivity index (χ0) is 22.1. The lowest BCUT2D eigenvalue weighted by Crippen LogP contribution is -2.34. The van der Waals surface area contributed by atoms with E-state index in [1.807, 2.05) is 19.9 Å². The Kier molecular flexibility index (Phi) is 5.63. The van der Waals surface area contributed by atoms with Gasteiger partial charge in [-0.1, -0.05) is 28.8 Å². The maximum Gasteiger partial charge on any atom is 0.257 e. The number of oxazole rings is 1. The number of phenols is 1. The second kappa shape index (κ2) is 8.37. The molecular weight excluding hydrogens is 434 g/mol. The minimum absolute atomic E-state index is 0.00612. The third-order valence-electron chi connectivity index (χ3n) is 4.55. The number of hydrogen-bond acceptors (Lipinski definition) is 5. The normalized spacial score (nSPS) is 10.8. The highest BCUT2D eigenvalue weighted by atomic mass is 35.5. The maximum atomic E-state index is 12.5. The van der Waals surface area contributed by atoms with E-state index in [1.54, 1.807) is 42.5 Å². The van der Waals surface area contributed by atoms with Gasteiger partial charge in [0.15, 0.2) is 10.7 Å². The summed E-state index contributed by atoms with van der Waals surface area (Å²) < 4.78 is 5.73. The number of hydrogen-bond donors (Lipinski definition) is 3. The number of aromatic nitrogens is 1. The Bertz CT molecular complexity index is 1310. The van der Waals surface area contributed by atoms with Crippen molar-refractivity contribution in [1.82, 2.24) is 10.3 Å². The minimum Gasteiger partial charge on any atom is -0.507 e. The van der Waals surface area contributed by atoms with Gasteiger partial charge in [-0.25, -0.2) is 4.98 Å². The number of phenolic OH excluding ortho intramolecular Hbond substituents is 1. The fourth-order valence-corrected chi connectivity index (χ4v) is 3.62. The van der Waals surface area contributed by atoms with E-state index in [0.717, 1.165) is 11.1 Å². The van der Waals surface area contributed by atoms with Crippen LogP contribution in [0.2, 0.25) is 5.02 Å². The topological polar surface area (TPSA) is 87.4 Å². The number of halogens is 1. The van der Waals surface area contributed by atoms with Gasteiger partial charge in [-0.3, -0.25) is 10.1 Å². The summed E-state index contributed by atoms with van der Waals surface area (Å²) in [7, 11) is 0. The molecule has 1 heterocycles. The Labute approximate surface area is 188 Å². The summed E-state index contributed by atoms with van der Waals surface area (Å²) >= 11 is 11.3. The molecule has 31 heavy (non-hydrogen) atoms. The Morgan fingerprint density at radius 1 is 1.06 bits per heavy atom. The molecule has 0 radical (unpaired) electrons. The van der Waals surface area contributed by atoms with Gasteiger partial charge in [-0.15, -0.1) is 0 Å². The molecule has 0 atom stereocenters. The van der Waals surface area contributed by atoms with Crippen molar-refractivity contribution in [2.45, 2.75) is 13.8 Å². The van der Waals surface area contributed by atoms with E-state index in [2.05, 4.69) is 15.6 Å². The molecule has 3 N–H and O–H groups in total. The molecule has 0 aliphatic rings. The Hall–Kier alpha value is -3.42. The molecule has 0 saturated carbocycles. The van der Waals surface area contributed by atoms with Crippen molar-refractivity contribution < 1.29 is 14.3 Å². The third kappa shape index (κ3) is 4.68. The van der Waals surface area contributed by atoms with Crippen molar-refractivity contribution >= 4 is 51.6 Å². The molecule has 0 bridgehead atoms. The van der Waals surface area contributed by atoms with Gasteiger partial charge in [0.1, 0.15) is 11.3 Å². The fourth-order valence-electron chi connectivity index (χ4n) is 3.24. The monoisotopic (exact) mass is 451 g/mol. The average Bonchev–Trinajstić information content (AvgIpc) is 3.11. The van der Waals surface area contributed by atoms with E-state index in [-0.39, 0.29) is 22.7 Å². The number of rotatable bonds is 3. The van der Waals surface area contributed by atoms with Crippen molar-refractivity contribution in [3.05, 3.63) is 76.3 Å². The number of aromatic hydroxyl groups is 1. The van der Waals surface area contributed by atoms with Gasteiger partial charge >= 0.3 is 0 Å². The van der Waals surface area contributed by atoms with Crippen molar-refractivity contribution in [3.8, 4) is 17.2 Å². The number of nitrogens with zero attached hydrogens (tertiary/aromatic N) is 1. The smallest absolute Gasteiger partial charge is 0.257 e. The molecule has 1 aromatic heterocycles. The van der Waals surface area contributed by atoms with Gasteiger partial charge in [0.05, 0.1) is 5.56 Å². The second-order valence-corrected chi connectivity index (χ2v) is 7.99. The van der Waals surface area contributed by atoms with Gasteiger partial charge in [0.25, 0.3) is 5.91 Å². The average molecular weight is 452 g/mol. The maximum absolute atomic E-state index is 12.5. The summed E-state index contributed by atoms with van der Waals surface area (Å²) in [6.07, 6.45) is 0. The first-order chi connectivity index (χ1) is 14.8. The molecule has 0 saturated heterocycles. The van der Waals surface area contributed by atoms with Crippen LogP contribution in [-0.4, -0.2) is 21.1 Å². The molecule has 156 valence electrons. The molecule has 6 nitrogen and oxygen atoms in total. The van der Waals surface area contributed by atoms with Crippen LogP contribution in [0.4, 0.5) is 5.69 Å². The van der Waals surface area contributed by atoms with Crippen molar-refractivity contribution in [2.75, 3.05) is 5.32 Å². The van der Waals surface area contributed by atoms with E-state index in [9.17, 15) is 9.90 Å². The number of aryl methyl sites for hydroxylation is 2. The summed E-state index contributed by atoms with van der Waals surface area (Å²) in [4.78, 5) is 16.9. The minimum atomic E-state index is -0.306. The van der Waals surface area contributed by atoms with Gasteiger partial charge in [-0.2, -0.15) is 0 Å². The molecule has 4 rings (SSSR count). The molecule has 0 aliphatic heterocycles. The van der Waals surface area contributed by atoms with E-state index < -0.39 is 0 Å². The van der Waals surface area contributed by atoms with Crippen LogP contribution in [0.5, 0.6) is 5.75 Å². The molecule has 3 aromatic carbocycles. The standard InChI is InChI=1S/C23H18ClN3O3S/c1-12-7-13(2)9-14(8-12)21(29)27-23(31)25-16-4-5-19(28)17(11-16)22-26-18-10-15(24)3-6-20(18)30-22/h3-11,28H,1-2H3,(H2,25,27,29,31). The van der Waals surface area contributed by atoms with Crippen molar-refractivity contribution in [2.24, 2.45) is 0 Å². The molecule has 1 amide bonds. The van der Waals surface area contributed by atoms with E-state index in [4.69, 9.17) is 28.2 Å². The first kappa shape index (κ1) is 20.8. The number of thiocarbonyl (C=S) groups is 1. The van der Waals surface area contributed by atoms with Crippen LogP contribution in [-0.2, 0) is 0 Å². The Morgan fingerprint density at radius 2 is 1.81 bits per heavy atom. The lowest BCUT2D eigenvalue weighted by molar-refractivity contribution is 0.0977. The third-order valence-corrected chi connectivity index (χ3v) is 4.98. The molecule has 4 aromatic rings. The lowest BCUT2D eigenvalue weighted by Gasteiger charge is -2.11. The zero-order valence-corrected chi connectivity index (χ0v) is 18.3. The van der Waals surface area contributed by atoms with Gasteiger partial charge in [0.2, 0.25) is 5.89 Å². The second-order valence-electron chi connectivity index (χ2n) is 7.15. The number of amides is 1. The predicted octanol–water partition coefficient (Wildman–Crippen LogP) is 5.60. The number of carbonyl (C=O) groups is 1. The molecule has 0 aliphatic carbocycles. The largest absolute Gasteiger partial charge is 0.507 e. The van der Waals surface area contributed by atoms with Crippen LogP contribution in [0.3, 0.4) is 0 Å². The van der Waals surface area contributed by atoms with Crippen LogP contribution < -0.4 is 10.6 Å². The summed E-state index contributed by atoms with van der Waals surface area (Å²) in [5.74, 6) is -0.0730. The fraction of sp³-hybridized carbons (Fsp3) is 0.0870. The van der Waals surface area contributed by atoms with E-state index in [1.165, 1.54) is 6.07 Å². The highest BCUT2D eigenvalue weighted by Crippen LogP contribution is 2.33. The number of nitrogens with one attached hydrogen (secondary N) is 2. The molecular formula is C23H18ClN3O3S. The summed E-state index contributed by atoms with van der Waals surface area (Å²) in [6, 6.07) is 15.4. The summed E-state index contributed by atoms with van der Waals surface area (Å²) in [5.41, 5.74) is 4.57. The van der Waals surface area contributed by atoms with Gasteiger partial charge < -0.3 is 14.8 Å². The summed E-state index contributed by atoms with van der Waals surface area (Å²) in [5, 5.41) is 16.6. The first-order valence-electron chi connectivity index (χ1n) is 9.38. The van der Waals surface area contributed by atoms with Crippen LogP contribution in [0, 0.1) is 13.8 Å². The quantitative estimate of drug-likeness (QED) is 0.277. The van der Waals surface area contributed by atoms with Crippen LogP contribution in [0.15, 0.2) is 59.0 Å². The zero-order valence-electron chi connectivity index (χ0n) is 16.7. The lowest BCUT2D eigenvalue weighted by atomic mass is 10.1. The van der Waals surface area contributed by atoms with Crippen molar-refractivity contribution in [1.29, 1.82) is 0 Å². The number of fused-ring (bicyclic) bond motifs is 1. The predicted molar refractivity (Wildman–Crippen MR) is 126 cm³/mol. The number of carbonyl (C=O) groups excluding carboxylic acids is 1. The molecule has 8 heteroatoms. The molecule has 0 spiro atoms. The van der Waals surface area contributed by atoms with Gasteiger partial charge in [0, 0.05) is 16.3 Å². The summed E-state index contributed by atoms with van der Waals surface area (Å²) in [6.45, 7) is 3.86. The molecule has 0 unspecified atom stereocenters. The van der Waals surface area contributed by atoms with Crippen LogP contribution in [0.1, 0.15) is 21.5 Å². The van der Waals surface area contributed by atoms with E-state index >= 15 is 0 Å². The highest BCUT2D eigenvalue weighted by molar-refractivity contribution is 7.80. The van der Waals surface area contributed by atoms with Crippen LogP contribution >= 0.6 is 23.8 Å². The first-order valence-corrected chi connectivity index (χ1v) is 10.2. The molecule has 0 fully saturated rings. The van der Waals surface area contributed by atoms with Crippen molar-refractivity contribution in [3.63, 3.8) is 0 Å². The Morgan fingerprint density at radius 3 is 2.55 bits per heavy atom. The van der Waals surface area contributed by atoms with Crippen LogP contribution in [0.25, 0.3) is 22.6 Å². The van der Waals surface area contributed by atoms with E-state index in [0.29, 0.717) is 32.9 Å². The number of anilines is 1.